The van der Waals surface area contributed by atoms with Crippen molar-refractivity contribution in [3.05, 3.63) is 71.8 Å². The van der Waals surface area contributed by atoms with Crippen LogP contribution in [0, 0.1) is 11.8 Å². The summed E-state index contributed by atoms with van der Waals surface area (Å²) < 4.78 is 10.4. The molecule has 2 fully saturated rings. The highest BCUT2D eigenvalue weighted by molar-refractivity contribution is 5.81. The van der Waals surface area contributed by atoms with Crippen LogP contribution in [-0.4, -0.2) is 69.3 Å². The number of carboxylic acid groups (broad SMARTS) is 2. The predicted molar refractivity (Wildman–Crippen MR) is 146 cm³/mol. The smallest absolute Gasteiger partial charge is 0.410 e. The number of aliphatic carboxylic acids is 2. The molecule has 40 heavy (non-hydrogen) atoms. The lowest BCUT2D eigenvalue weighted by molar-refractivity contribution is -0.146. The summed E-state index contributed by atoms with van der Waals surface area (Å²) in [5.41, 5.74) is 1.77. The summed E-state index contributed by atoms with van der Waals surface area (Å²) in [6.45, 7) is 4.92. The molecule has 2 amide bonds. The maximum Gasteiger partial charge on any atom is 0.410 e. The van der Waals surface area contributed by atoms with E-state index in [1.54, 1.807) is 0 Å². The van der Waals surface area contributed by atoms with Crippen molar-refractivity contribution in [2.75, 3.05) is 13.1 Å². The first-order chi connectivity index (χ1) is 19.2. The maximum atomic E-state index is 12.1. The minimum absolute atomic E-state index is 0.0504. The first-order valence-electron chi connectivity index (χ1n) is 13.6. The van der Waals surface area contributed by atoms with Crippen LogP contribution >= 0.6 is 0 Å². The number of carbonyl (C=O) groups excluding carboxylic acids is 2. The Bertz CT molecular complexity index is 1040. The molecule has 0 radical (unpaired) electrons. The monoisotopic (exact) mass is 554 g/mol. The number of amides is 2. The second-order valence-corrected chi connectivity index (χ2v) is 10.3. The van der Waals surface area contributed by atoms with E-state index in [0.29, 0.717) is 13.1 Å². The number of rotatable bonds is 6. The Morgan fingerprint density at radius 3 is 1.35 bits per heavy atom. The van der Waals surface area contributed by atoms with Crippen molar-refractivity contribution in [2.45, 2.75) is 64.8 Å². The van der Waals surface area contributed by atoms with Gasteiger partial charge < -0.3 is 19.7 Å². The molecule has 0 aromatic heterocycles. The third kappa shape index (κ3) is 8.46. The zero-order chi connectivity index (χ0) is 29.1. The molecule has 2 N–H and O–H groups in total. The molecule has 2 saturated heterocycles. The molecular weight excluding hydrogens is 516 g/mol. The highest BCUT2D eigenvalue weighted by atomic mass is 16.6. The van der Waals surface area contributed by atoms with Crippen molar-refractivity contribution in [1.29, 1.82) is 0 Å². The molecule has 0 aliphatic carbocycles. The number of likely N-dealkylation sites (tertiary alicyclic amines) is 2. The highest BCUT2D eigenvalue weighted by Gasteiger charge is 2.39. The molecule has 2 aliphatic heterocycles. The van der Waals surface area contributed by atoms with Crippen LogP contribution in [0.4, 0.5) is 9.59 Å². The number of hydrogen-bond acceptors (Lipinski definition) is 6. The van der Waals surface area contributed by atoms with Crippen LogP contribution in [0.3, 0.4) is 0 Å². The van der Waals surface area contributed by atoms with Gasteiger partial charge in [0.05, 0.1) is 0 Å². The van der Waals surface area contributed by atoms with Gasteiger partial charge in [0.2, 0.25) is 0 Å². The van der Waals surface area contributed by atoms with Crippen LogP contribution < -0.4 is 0 Å². The fraction of sp³-hybridized carbons (Fsp3) is 0.467. The molecule has 2 aromatic rings. The van der Waals surface area contributed by atoms with Gasteiger partial charge >= 0.3 is 24.1 Å². The normalized spacial score (nSPS) is 22.4. The maximum absolute atomic E-state index is 12.1. The number of benzene rings is 2. The Kier molecular flexibility index (Phi) is 11.4. The highest BCUT2D eigenvalue weighted by Crippen LogP contribution is 2.25. The fourth-order valence-corrected chi connectivity index (χ4v) is 5.14. The average Bonchev–Trinajstić information content (AvgIpc) is 2.95. The van der Waals surface area contributed by atoms with E-state index in [-0.39, 0.29) is 25.0 Å². The molecule has 0 bridgehead atoms. The molecule has 216 valence electrons. The molecule has 10 nitrogen and oxygen atoms in total. The van der Waals surface area contributed by atoms with E-state index in [1.807, 2.05) is 74.5 Å². The SMILES string of the molecule is C[C@@H]1CCCN(C(=O)OCc2ccccc2)[C@@H]1C(=O)O.C[C@H]1CCCN(C(=O)OCc2ccccc2)[C@H]1C(=O)O. The van der Waals surface area contributed by atoms with Crippen LogP contribution in [-0.2, 0) is 32.3 Å². The van der Waals surface area contributed by atoms with Crippen molar-refractivity contribution in [2.24, 2.45) is 11.8 Å². The molecule has 2 aromatic carbocycles. The third-order valence-electron chi connectivity index (χ3n) is 7.25. The van der Waals surface area contributed by atoms with E-state index in [4.69, 9.17) is 9.47 Å². The molecule has 0 unspecified atom stereocenters. The molecular formula is C30H38N2O8. The molecule has 10 heteroatoms. The summed E-state index contributed by atoms with van der Waals surface area (Å²) in [6.07, 6.45) is 2.16. The topological polar surface area (TPSA) is 134 Å². The van der Waals surface area contributed by atoms with Crippen molar-refractivity contribution < 1.29 is 38.9 Å². The number of carbonyl (C=O) groups is 4. The molecule has 0 saturated carbocycles. The summed E-state index contributed by atoms with van der Waals surface area (Å²) in [7, 11) is 0. The summed E-state index contributed by atoms with van der Waals surface area (Å²) in [6, 6.07) is 17.1. The Morgan fingerprint density at radius 2 is 1.02 bits per heavy atom. The standard InChI is InChI=1S/2C15H19NO4/c2*1-11-6-5-9-16(13(11)14(17)18)15(19)20-10-12-7-3-2-4-8-12/h2*2-4,7-8,11,13H,5-6,9-10H2,1H3,(H,17,18)/t2*11-,13+/m10/s1. The predicted octanol–water partition coefficient (Wildman–Crippen LogP) is 5.02. The molecule has 4 atom stereocenters. The van der Waals surface area contributed by atoms with E-state index < -0.39 is 36.2 Å². The van der Waals surface area contributed by atoms with Gasteiger partial charge in [-0.05, 0) is 48.6 Å². The van der Waals surface area contributed by atoms with Crippen LogP contribution in [0.2, 0.25) is 0 Å². The van der Waals surface area contributed by atoms with Gasteiger partial charge in [0.15, 0.2) is 0 Å². The number of carboxylic acids is 2. The zero-order valence-electron chi connectivity index (χ0n) is 23.0. The van der Waals surface area contributed by atoms with Gasteiger partial charge in [-0.2, -0.15) is 0 Å². The van der Waals surface area contributed by atoms with E-state index in [9.17, 15) is 29.4 Å². The lowest BCUT2D eigenvalue weighted by Gasteiger charge is -2.36. The summed E-state index contributed by atoms with van der Waals surface area (Å²) >= 11 is 0. The first kappa shape index (κ1) is 30.5. The Hall–Kier alpha value is -4.08. The molecule has 0 spiro atoms. The van der Waals surface area contributed by atoms with E-state index >= 15 is 0 Å². The van der Waals surface area contributed by atoms with E-state index in [0.717, 1.165) is 36.8 Å². The summed E-state index contributed by atoms with van der Waals surface area (Å²) in [5, 5.41) is 18.5. The third-order valence-corrected chi connectivity index (χ3v) is 7.25. The molecule has 2 aliphatic rings. The van der Waals surface area contributed by atoms with Gasteiger partial charge in [-0.1, -0.05) is 74.5 Å². The number of hydrogen-bond donors (Lipinski definition) is 2. The first-order valence-corrected chi connectivity index (χ1v) is 13.6. The number of ether oxygens (including phenoxy) is 2. The lowest BCUT2D eigenvalue weighted by Crippen LogP contribution is -2.52. The lowest BCUT2D eigenvalue weighted by atomic mass is 9.91. The van der Waals surface area contributed by atoms with E-state index in [2.05, 4.69) is 0 Å². The van der Waals surface area contributed by atoms with Crippen LogP contribution in [0.25, 0.3) is 0 Å². The minimum Gasteiger partial charge on any atom is -0.480 e. The molecule has 2 heterocycles. The van der Waals surface area contributed by atoms with Gasteiger partial charge in [-0.3, -0.25) is 9.80 Å². The van der Waals surface area contributed by atoms with Crippen LogP contribution in [0.15, 0.2) is 60.7 Å². The zero-order valence-corrected chi connectivity index (χ0v) is 23.0. The average molecular weight is 555 g/mol. The second kappa shape index (κ2) is 14.9. The summed E-state index contributed by atoms with van der Waals surface area (Å²) in [4.78, 5) is 49.4. The Labute approximate surface area is 234 Å². The molecule has 4 rings (SSSR count). The number of piperidine rings is 2. The van der Waals surface area contributed by atoms with Crippen LogP contribution in [0.5, 0.6) is 0 Å². The second-order valence-electron chi connectivity index (χ2n) is 10.3. The van der Waals surface area contributed by atoms with Crippen LogP contribution in [0.1, 0.15) is 50.7 Å². The fourth-order valence-electron chi connectivity index (χ4n) is 5.14. The quantitative estimate of drug-likeness (QED) is 0.509. The number of nitrogens with zero attached hydrogens (tertiary/aromatic N) is 2. The van der Waals surface area contributed by atoms with Gasteiger partial charge in [0, 0.05) is 13.1 Å². The van der Waals surface area contributed by atoms with Gasteiger partial charge in [-0.25, -0.2) is 19.2 Å². The Balaban J connectivity index is 0.000000220. The Morgan fingerprint density at radius 1 is 0.675 bits per heavy atom. The summed E-state index contributed by atoms with van der Waals surface area (Å²) in [5.74, 6) is -2.03. The van der Waals surface area contributed by atoms with Crippen molar-refractivity contribution >= 4 is 24.1 Å². The minimum atomic E-state index is -0.964. The van der Waals surface area contributed by atoms with Gasteiger partial charge in [0.1, 0.15) is 25.3 Å². The van der Waals surface area contributed by atoms with Gasteiger partial charge in [0.25, 0.3) is 0 Å². The van der Waals surface area contributed by atoms with Crippen molar-refractivity contribution in [3.8, 4) is 0 Å². The van der Waals surface area contributed by atoms with Crippen molar-refractivity contribution in [1.82, 2.24) is 9.80 Å². The largest absolute Gasteiger partial charge is 0.480 e. The van der Waals surface area contributed by atoms with E-state index in [1.165, 1.54) is 9.80 Å². The van der Waals surface area contributed by atoms with Gasteiger partial charge in [-0.15, -0.1) is 0 Å². The van der Waals surface area contributed by atoms with Crippen molar-refractivity contribution in [3.63, 3.8) is 0 Å².